The fraction of sp³-hybridized carbons (Fsp3) is 0.919. The van der Waals surface area contributed by atoms with E-state index < -0.39 is 18.1 Å². The number of carboxylic acids is 2. The van der Waals surface area contributed by atoms with Gasteiger partial charge in [0.25, 0.3) is 0 Å². The summed E-state index contributed by atoms with van der Waals surface area (Å²) in [4.78, 5) is 29.2. The largest absolute Gasteiger partial charge is 2.00 e. The molecule has 8 heteroatoms. The van der Waals surface area contributed by atoms with Gasteiger partial charge in [-0.1, -0.05) is 194 Å². The number of unbranched alkanes of at least 4 members (excludes halogenated alkanes) is 28. The van der Waals surface area contributed by atoms with Crippen molar-refractivity contribution in [2.75, 3.05) is 0 Å². The summed E-state index contributed by atoms with van der Waals surface area (Å²) >= 11 is 0. The third-order valence-electron chi connectivity index (χ3n) is 7.99. The first-order valence-corrected chi connectivity index (χ1v) is 18.6. The van der Waals surface area contributed by atoms with Gasteiger partial charge < -0.3 is 23.3 Å². The number of aliphatic carboxylic acids is 2. The Morgan fingerprint density at radius 2 is 0.467 bits per heavy atom. The van der Waals surface area contributed by atoms with Crippen LogP contribution in [0.2, 0.25) is 0 Å². The standard InChI is InChI=1S/2C18H36O2.CH2O3.Ca.2H/c2*1-2-3-4-5-6-7-8-9-10-11-12-13-14-15-16-17-18(19)20;2-1(3)4;;;/h2*2-17H2,1H3,(H,19,20);(H2,2,3,4);;;/q;;;+2;2*-1. The van der Waals surface area contributed by atoms with Crippen molar-refractivity contribution >= 4 is 55.8 Å². The van der Waals surface area contributed by atoms with Gasteiger partial charge in [-0.25, -0.2) is 4.79 Å². The van der Waals surface area contributed by atoms with Gasteiger partial charge in [-0.3, -0.25) is 9.59 Å². The first-order chi connectivity index (χ1) is 21.3. The molecule has 268 valence electrons. The van der Waals surface area contributed by atoms with E-state index in [0.29, 0.717) is 12.8 Å². The van der Waals surface area contributed by atoms with Crippen molar-refractivity contribution in [2.45, 2.75) is 219 Å². The van der Waals surface area contributed by atoms with Gasteiger partial charge in [-0.15, -0.1) is 0 Å². The predicted octanol–water partition coefficient (Wildman–Crippen LogP) is 12.7. The molecule has 45 heavy (non-hydrogen) atoms. The second-order valence-electron chi connectivity index (χ2n) is 12.5. The average Bonchev–Trinajstić information content (AvgIpc) is 2.97. The molecule has 0 amide bonds. The van der Waals surface area contributed by atoms with Gasteiger partial charge >= 0.3 is 55.8 Å². The minimum atomic E-state index is -1.83. The van der Waals surface area contributed by atoms with E-state index in [2.05, 4.69) is 13.8 Å². The minimum Gasteiger partial charge on any atom is -1.00 e. The van der Waals surface area contributed by atoms with E-state index in [1.807, 2.05) is 0 Å². The van der Waals surface area contributed by atoms with Crippen LogP contribution < -0.4 is 0 Å². The molecule has 0 atom stereocenters. The van der Waals surface area contributed by atoms with Crippen LogP contribution in [0.15, 0.2) is 0 Å². The number of rotatable bonds is 32. The molecular weight excluding hydrogens is 596 g/mol. The molecule has 0 aliphatic carbocycles. The fourth-order valence-corrected chi connectivity index (χ4v) is 5.30. The zero-order chi connectivity index (χ0) is 33.4. The minimum absolute atomic E-state index is 0. The molecule has 0 saturated heterocycles. The SMILES string of the molecule is CCCCCCCCCCCCCCCCCC(=O)O.CCCCCCCCCCCCCCCCCC(=O)O.O=C(O)O.[Ca+2].[H-].[H-]. The van der Waals surface area contributed by atoms with Gasteiger partial charge in [-0.05, 0) is 12.8 Å². The summed E-state index contributed by atoms with van der Waals surface area (Å²) in [5.74, 6) is -1.31. The zero-order valence-corrected chi connectivity index (χ0v) is 32.1. The number of carboxylic acid groups (broad SMARTS) is 4. The molecule has 4 N–H and O–H groups in total. The van der Waals surface area contributed by atoms with Gasteiger partial charge in [0.05, 0.1) is 0 Å². The van der Waals surface area contributed by atoms with E-state index in [1.54, 1.807) is 0 Å². The molecule has 0 radical (unpaired) electrons. The molecule has 0 spiro atoms. The van der Waals surface area contributed by atoms with E-state index >= 15 is 0 Å². The molecule has 0 aromatic carbocycles. The monoisotopic (exact) mass is 673 g/mol. The Kier molecular flexibility index (Phi) is 54.6. The van der Waals surface area contributed by atoms with Gasteiger partial charge in [0, 0.05) is 12.8 Å². The van der Waals surface area contributed by atoms with E-state index in [4.69, 9.17) is 25.2 Å². The molecule has 0 aromatic heterocycles. The van der Waals surface area contributed by atoms with E-state index in [9.17, 15) is 9.59 Å². The second-order valence-corrected chi connectivity index (χ2v) is 12.5. The van der Waals surface area contributed by atoms with Crippen LogP contribution in [0.25, 0.3) is 0 Å². The van der Waals surface area contributed by atoms with Crippen LogP contribution in [-0.4, -0.2) is 76.3 Å². The Morgan fingerprint density at radius 3 is 0.600 bits per heavy atom. The molecule has 0 aliphatic rings. The first-order valence-electron chi connectivity index (χ1n) is 18.6. The molecule has 7 nitrogen and oxygen atoms in total. The molecule has 0 aromatic rings. The third-order valence-corrected chi connectivity index (χ3v) is 7.99. The number of hydrogen-bond acceptors (Lipinski definition) is 3. The third kappa shape index (κ3) is 66.7. The van der Waals surface area contributed by atoms with Gasteiger partial charge in [-0.2, -0.15) is 0 Å². The summed E-state index contributed by atoms with van der Waals surface area (Å²) in [5, 5.41) is 31.0. The Balaban J connectivity index is -0.000000151. The Labute approximate surface area is 311 Å². The van der Waals surface area contributed by atoms with Gasteiger partial charge in [0.2, 0.25) is 0 Å². The Bertz CT molecular complexity index is 551. The molecule has 0 heterocycles. The van der Waals surface area contributed by atoms with Crippen LogP contribution in [-0.2, 0) is 9.59 Å². The normalized spacial score (nSPS) is 10.2. The second kappa shape index (κ2) is 47.9. The molecular formula is C37H76CaO7. The van der Waals surface area contributed by atoms with Crippen molar-refractivity contribution in [3.63, 3.8) is 0 Å². The van der Waals surface area contributed by atoms with Crippen molar-refractivity contribution in [3.05, 3.63) is 0 Å². The van der Waals surface area contributed by atoms with Crippen molar-refractivity contribution in [1.82, 2.24) is 0 Å². The molecule has 0 bridgehead atoms. The predicted molar refractivity (Wildman–Crippen MR) is 193 cm³/mol. The molecule has 0 saturated carbocycles. The van der Waals surface area contributed by atoms with E-state index in [-0.39, 0.29) is 40.6 Å². The van der Waals surface area contributed by atoms with Crippen molar-refractivity contribution < 1.29 is 37.7 Å². The van der Waals surface area contributed by atoms with Crippen LogP contribution in [0.5, 0.6) is 0 Å². The van der Waals surface area contributed by atoms with E-state index in [1.165, 1.54) is 167 Å². The van der Waals surface area contributed by atoms with Crippen molar-refractivity contribution in [1.29, 1.82) is 0 Å². The molecule has 0 fully saturated rings. The van der Waals surface area contributed by atoms with Crippen LogP contribution in [0.3, 0.4) is 0 Å². The van der Waals surface area contributed by atoms with E-state index in [0.717, 1.165) is 25.7 Å². The quantitative estimate of drug-likeness (QED) is 0.0413. The fourth-order valence-electron chi connectivity index (χ4n) is 5.30. The summed E-state index contributed by atoms with van der Waals surface area (Å²) in [6.45, 7) is 4.54. The summed E-state index contributed by atoms with van der Waals surface area (Å²) < 4.78 is 0. The van der Waals surface area contributed by atoms with Crippen LogP contribution in [0, 0.1) is 0 Å². The Morgan fingerprint density at radius 1 is 0.333 bits per heavy atom. The van der Waals surface area contributed by atoms with Gasteiger partial charge in [0.1, 0.15) is 0 Å². The molecule has 0 rings (SSSR count). The van der Waals surface area contributed by atoms with Crippen molar-refractivity contribution in [2.24, 2.45) is 0 Å². The Hall–Kier alpha value is -0.530. The maximum Gasteiger partial charge on any atom is 2.00 e. The summed E-state index contributed by atoms with van der Waals surface area (Å²) in [5.41, 5.74) is 0. The summed E-state index contributed by atoms with van der Waals surface area (Å²) in [6, 6.07) is 0. The topological polar surface area (TPSA) is 132 Å². The number of hydrogen-bond donors (Lipinski definition) is 4. The van der Waals surface area contributed by atoms with Crippen LogP contribution in [0.4, 0.5) is 4.79 Å². The molecule has 0 aliphatic heterocycles. The maximum absolute atomic E-state index is 10.3. The zero-order valence-electron chi connectivity index (χ0n) is 31.8. The molecule has 0 unspecified atom stereocenters. The van der Waals surface area contributed by atoms with Crippen LogP contribution >= 0.6 is 0 Å². The van der Waals surface area contributed by atoms with Gasteiger partial charge in [0.15, 0.2) is 0 Å². The summed E-state index contributed by atoms with van der Waals surface area (Å²) in [7, 11) is 0. The number of carbonyl (C=O) groups is 3. The first kappa shape index (κ1) is 51.3. The van der Waals surface area contributed by atoms with Crippen molar-refractivity contribution in [3.8, 4) is 0 Å². The average molecular weight is 673 g/mol. The smallest absolute Gasteiger partial charge is 1.00 e. The maximum atomic E-state index is 10.3. The van der Waals surface area contributed by atoms with Crippen LogP contribution in [0.1, 0.15) is 222 Å². The summed E-state index contributed by atoms with van der Waals surface area (Å²) in [6.07, 6.45) is 38.6.